The van der Waals surface area contributed by atoms with Crippen LogP contribution in [0, 0.1) is 0 Å². The first kappa shape index (κ1) is 15.8. The molecule has 0 fully saturated rings. The van der Waals surface area contributed by atoms with Crippen LogP contribution in [0.25, 0.3) is 0 Å². The van der Waals surface area contributed by atoms with E-state index in [4.69, 9.17) is 27.9 Å². The van der Waals surface area contributed by atoms with Crippen molar-refractivity contribution < 1.29 is 14.6 Å². The second kappa shape index (κ2) is 6.48. The molecule has 1 atom stereocenters. The van der Waals surface area contributed by atoms with Gasteiger partial charge in [-0.1, -0.05) is 53.5 Å². The highest BCUT2D eigenvalue weighted by molar-refractivity contribution is 6.36. The molecule has 2 rings (SSSR count). The Labute approximate surface area is 133 Å². The molecule has 0 amide bonds. The second-order valence-electron chi connectivity index (χ2n) is 4.85. The number of hydrogen-bond acceptors (Lipinski definition) is 3. The number of hydrogen-bond donors (Lipinski definition) is 1. The van der Waals surface area contributed by atoms with E-state index in [9.17, 15) is 9.90 Å². The molecule has 0 aliphatic heterocycles. The van der Waals surface area contributed by atoms with Crippen LogP contribution in [0.2, 0.25) is 10.0 Å². The van der Waals surface area contributed by atoms with Gasteiger partial charge in [0.2, 0.25) is 0 Å². The molecule has 0 bridgehead atoms. The molecule has 1 N–H and O–H groups in total. The zero-order valence-corrected chi connectivity index (χ0v) is 12.9. The molecule has 110 valence electrons. The monoisotopic (exact) mass is 324 g/mol. The fourth-order valence-electron chi connectivity index (χ4n) is 1.91. The Morgan fingerprint density at radius 3 is 2.52 bits per heavy atom. The second-order valence-corrected chi connectivity index (χ2v) is 5.70. The van der Waals surface area contributed by atoms with Gasteiger partial charge in [-0.2, -0.15) is 0 Å². The lowest BCUT2D eigenvalue weighted by Gasteiger charge is -2.24. The first-order chi connectivity index (χ1) is 9.94. The van der Waals surface area contributed by atoms with E-state index < -0.39 is 5.60 Å². The van der Waals surface area contributed by atoms with E-state index in [1.807, 2.05) is 18.2 Å². The molecule has 0 spiro atoms. The molecular weight excluding hydrogens is 311 g/mol. The number of halogens is 2. The maximum atomic E-state index is 11.1. The van der Waals surface area contributed by atoms with Crippen LogP contribution in [0.5, 0.6) is 5.75 Å². The summed E-state index contributed by atoms with van der Waals surface area (Å²) in [4.78, 5) is 11.1. The minimum Gasteiger partial charge on any atom is -0.488 e. The van der Waals surface area contributed by atoms with E-state index in [2.05, 4.69) is 0 Å². The first-order valence-electron chi connectivity index (χ1n) is 6.29. The van der Waals surface area contributed by atoms with Crippen molar-refractivity contribution in [2.45, 2.75) is 12.5 Å². The molecule has 0 aliphatic carbocycles. The van der Waals surface area contributed by atoms with Gasteiger partial charge in [-0.3, -0.25) is 4.79 Å². The normalized spacial score (nSPS) is 13.5. The van der Waals surface area contributed by atoms with Gasteiger partial charge in [-0.25, -0.2) is 0 Å². The fraction of sp³-hybridized carbons (Fsp3) is 0.188. The predicted molar refractivity (Wildman–Crippen MR) is 83.4 cm³/mol. The molecule has 1 unspecified atom stereocenters. The zero-order valence-electron chi connectivity index (χ0n) is 11.3. The molecule has 0 heterocycles. The Hall–Kier alpha value is -1.55. The van der Waals surface area contributed by atoms with Crippen molar-refractivity contribution in [3.05, 3.63) is 63.6 Å². The third-order valence-electron chi connectivity index (χ3n) is 3.06. The number of carbonyl (C=O) groups excluding carboxylic acids is 1. The molecule has 3 nitrogen and oxygen atoms in total. The zero-order chi connectivity index (χ0) is 15.5. The third-order valence-corrected chi connectivity index (χ3v) is 3.56. The first-order valence-corrected chi connectivity index (χ1v) is 7.04. The van der Waals surface area contributed by atoms with Gasteiger partial charge in [0, 0.05) is 5.02 Å². The molecule has 0 saturated heterocycles. The maximum Gasteiger partial charge on any atom is 0.153 e. The summed E-state index contributed by atoms with van der Waals surface area (Å²) < 4.78 is 5.56. The van der Waals surface area contributed by atoms with Gasteiger partial charge < -0.3 is 9.84 Å². The van der Waals surface area contributed by atoms with Crippen LogP contribution < -0.4 is 4.74 Å². The smallest absolute Gasteiger partial charge is 0.153 e. The van der Waals surface area contributed by atoms with Gasteiger partial charge in [0.05, 0.1) is 10.6 Å². The summed E-state index contributed by atoms with van der Waals surface area (Å²) >= 11 is 11.9. The number of ether oxygens (including phenoxy) is 1. The molecule has 2 aromatic rings. The molecule has 5 heteroatoms. The van der Waals surface area contributed by atoms with E-state index in [0.717, 1.165) is 0 Å². The molecular formula is C16H14Cl2O3. The molecule has 2 aromatic carbocycles. The summed E-state index contributed by atoms with van der Waals surface area (Å²) in [5, 5.41) is 11.1. The molecule has 0 aromatic heterocycles. The minimum atomic E-state index is -1.20. The number of carbonyl (C=O) groups is 1. The van der Waals surface area contributed by atoms with Crippen molar-refractivity contribution in [1.29, 1.82) is 0 Å². The molecule has 0 saturated carbocycles. The summed E-state index contributed by atoms with van der Waals surface area (Å²) in [6, 6.07) is 12.1. The van der Waals surface area contributed by atoms with Crippen molar-refractivity contribution in [1.82, 2.24) is 0 Å². The Morgan fingerprint density at radius 1 is 1.24 bits per heavy atom. The summed E-state index contributed by atoms with van der Waals surface area (Å²) in [6.45, 7) is 1.59. The van der Waals surface area contributed by atoms with Crippen LogP contribution in [0.4, 0.5) is 0 Å². The fourth-order valence-corrected chi connectivity index (χ4v) is 2.48. The van der Waals surface area contributed by atoms with Crippen molar-refractivity contribution in [3.63, 3.8) is 0 Å². The summed E-state index contributed by atoms with van der Waals surface area (Å²) in [5.74, 6) is 0.215. The molecule has 0 aliphatic rings. The largest absolute Gasteiger partial charge is 0.488 e. The Morgan fingerprint density at radius 2 is 1.90 bits per heavy atom. The topological polar surface area (TPSA) is 46.5 Å². The van der Waals surface area contributed by atoms with Crippen LogP contribution >= 0.6 is 23.2 Å². The van der Waals surface area contributed by atoms with Crippen LogP contribution in [0.3, 0.4) is 0 Å². The van der Waals surface area contributed by atoms with Gasteiger partial charge in [0.25, 0.3) is 0 Å². The van der Waals surface area contributed by atoms with Gasteiger partial charge in [-0.15, -0.1) is 0 Å². The summed E-state index contributed by atoms with van der Waals surface area (Å²) in [5.41, 5.74) is -0.246. The average molecular weight is 325 g/mol. The van der Waals surface area contributed by atoms with E-state index in [-0.39, 0.29) is 22.9 Å². The lowest BCUT2D eigenvalue weighted by atomic mass is 9.97. The van der Waals surface area contributed by atoms with Crippen molar-refractivity contribution in [3.8, 4) is 5.75 Å². The molecule has 21 heavy (non-hydrogen) atoms. The van der Waals surface area contributed by atoms with E-state index in [1.165, 1.54) is 12.1 Å². The number of benzene rings is 2. The number of aldehydes is 1. The van der Waals surface area contributed by atoms with Gasteiger partial charge in [0.15, 0.2) is 6.29 Å². The summed E-state index contributed by atoms with van der Waals surface area (Å²) in [6.07, 6.45) is 0.615. The predicted octanol–water partition coefficient (Wildman–Crippen LogP) is 4.09. The summed E-state index contributed by atoms with van der Waals surface area (Å²) in [7, 11) is 0. The van der Waals surface area contributed by atoms with Crippen molar-refractivity contribution in [2.75, 3.05) is 6.61 Å². The van der Waals surface area contributed by atoms with Crippen molar-refractivity contribution >= 4 is 29.5 Å². The minimum absolute atomic E-state index is 0.0425. The SMILES string of the molecule is CC(O)(COc1c(Cl)cc(Cl)cc1C=O)c1ccccc1. The third kappa shape index (κ3) is 3.76. The van der Waals surface area contributed by atoms with Crippen LogP contribution in [-0.4, -0.2) is 18.0 Å². The highest BCUT2D eigenvalue weighted by atomic mass is 35.5. The Kier molecular flexibility index (Phi) is 4.88. The lowest BCUT2D eigenvalue weighted by molar-refractivity contribution is 0.00743. The van der Waals surface area contributed by atoms with Gasteiger partial charge in [0.1, 0.15) is 18.0 Å². The van der Waals surface area contributed by atoms with Crippen LogP contribution in [0.1, 0.15) is 22.8 Å². The highest BCUT2D eigenvalue weighted by Crippen LogP contribution is 2.33. The highest BCUT2D eigenvalue weighted by Gasteiger charge is 2.25. The van der Waals surface area contributed by atoms with Crippen LogP contribution in [0.15, 0.2) is 42.5 Å². The van der Waals surface area contributed by atoms with Gasteiger partial charge in [-0.05, 0) is 24.6 Å². The quantitative estimate of drug-likeness (QED) is 0.842. The van der Waals surface area contributed by atoms with E-state index in [1.54, 1.807) is 19.1 Å². The maximum absolute atomic E-state index is 11.1. The van der Waals surface area contributed by atoms with Crippen molar-refractivity contribution in [2.24, 2.45) is 0 Å². The van der Waals surface area contributed by atoms with Crippen LogP contribution in [-0.2, 0) is 5.60 Å². The van der Waals surface area contributed by atoms with E-state index in [0.29, 0.717) is 16.9 Å². The standard InChI is InChI=1S/C16H14Cl2O3/c1-16(20,12-5-3-2-4-6-12)10-21-15-11(9-19)7-13(17)8-14(15)18/h2-9,20H,10H2,1H3. The number of rotatable bonds is 5. The Bertz CT molecular complexity index is 639. The van der Waals surface area contributed by atoms with Gasteiger partial charge >= 0.3 is 0 Å². The average Bonchev–Trinajstić information content (AvgIpc) is 2.46. The van der Waals surface area contributed by atoms with E-state index >= 15 is 0 Å². The lowest BCUT2D eigenvalue weighted by Crippen LogP contribution is -2.29. The Balaban J connectivity index is 2.22. The molecule has 0 radical (unpaired) electrons. The number of aliphatic hydroxyl groups is 1.